The van der Waals surface area contributed by atoms with Gasteiger partial charge in [-0.05, 0) is 31.2 Å². The van der Waals surface area contributed by atoms with Crippen LogP contribution in [0.25, 0.3) is 16.9 Å². The molecule has 164 valence electrons. The average molecular weight is 455 g/mol. The molecule has 0 unspecified atom stereocenters. The van der Waals surface area contributed by atoms with Crippen LogP contribution in [0.4, 0.5) is 0 Å². The van der Waals surface area contributed by atoms with Gasteiger partial charge in [0.1, 0.15) is 5.75 Å². The zero-order chi connectivity index (χ0) is 22.5. The Kier molecular flexibility index (Phi) is 6.21. The minimum absolute atomic E-state index is 0.234. The van der Waals surface area contributed by atoms with Crippen LogP contribution in [0, 0.1) is 6.92 Å². The van der Waals surface area contributed by atoms with E-state index in [1.54, 1.807) is 0 Å². The van der Waals surface area contributed by atoms with Crippen molar-refractivity contribution in [2.45, 2.75) is 24.5 Å². The molecule has 0 saturated carbocycles. The summed E-state index contributed by atoms with van der Waals surface area (Å²) in [6.07, 6.45) is 2.06. The summed E-state index contributed by atoms with van der Waals surface area (Å²) >= 11 is 1.49. The Hall–Kier alpha value is -3.84. The predicted octanol–water partition coefficient (Wildman–Crippen LogP) is 6.10. The van der Waals surface area contributed by atoms with Crippen LogP contribution in [0.2, 0.25) is 0 Å². The molecule has 0 N–H and O–H groups in total. The maximum atomic E-state index is 5.78. The quantitative estimate of drug-likeness (QED) is 0.264. The third-order valence-electron chi connectivity index (χ3n) is 5.04. The summed E-state index contributed by atoms with van der Waals surface area (Å²) in [4.78, 5) is 0. The van der Waals surface area contributed by atoms with Crippen molar-refractivity contribution in [2.24, 2.45) is 0 Å². The first-order valence-electron chi connectivity index (χ1n) is 10.6. The molecule has 0 aliphatic rings. The molecule has 0 spiro atoms. The lowest BCUT2D eigenvalue weighted by Crippen LogP contribution is -1.95. The van der Waals surface area contributed by atoms with E-state index in [4.69, 9.17) is 14.3 Å². The van der Waals surface area contributed by atoms with Crippen molar-refractivity contribution >= 4 is 11.8 Å². The molecule has 0 bridgehead atoms. The molecule has 0 amide bonds. The first-order chi connectivity index (χ1) is 16.2. The maximum Gasteiger partial charge on any atom is 0.277 e. The molecule has 2 aromatic heterocycles. The second-order valence-electron chi connectivity index (χ2n) is 7.50. The summed E-state index contributed by atoms with van der Waals surface area (Å²) in [5, 5.41) is 13.6. The summed E-state index contributed by atoms with van der Waals surface area (Å²) in [7, 11) is 0. The number of thioether (sulfide) groups is 1. The van der Waals surface area contributed by atoms with Gasteiger partial charge in [0.25, 0.3) is 11.1 Å². The van der Waals surface area contributed by atoms with Crippen LogP contribution in [-0.4, -0.2) is 20.0 Å². The maximum absolute atomic E-state index is 5.78. The Morgan fingerprint density at radius 1 is 0.879 bits per heavy atom. The summed E-state index contributed by atoms with van der Waals surface area (Å²) in [6.45, 7) is 2.27. The van der Waals surface area contributed by atoms with E-state index in [2.05, 4.69) is 28.5 Å². The standard InChI is InChI=1S/C26H22N4O2S/c1-19-12-14-23(15-13-19)31-17-24-27-28-26(32-24)33-18-21-16-30(22-10-6-3-7-11-22)29-25(21)20-8-4-2-5-9-20/h2-16H,17-18H2,1H3. The van der Waals surface area contributed by atoms with Crippen molar-refractivity contribution < 1.29 is 9.15 Å². The van der Waals surface area contributed by atoms with Crippen LogP contribution >= 0.6 is 11.8 Å². The molecule has 0 radical (unpaired) electrons. The number of para-hydroxylation sites is 1. The van der Waals surface area contributed by atoms with Crippen molar-refractivity contribution in [2.75, 3.05) is 0 Å². The normalized spacial score (nSPS) is 10.9. The number of hydrogen-bond acceptors (Lipinski definition) is 6. The van der Waals surface area contributed by atoms with Gasteiger partial charge in [-0.3, -0.25) is 0 Å². The van der Waals surface area contributed by atoms with E-state index in [1.165, 1.54) is 17.3 Å². The predicted molar refractivity (Wildman–Crippen MR) is 128 cm³/mol. The van der Waals surface area contributed by atoms with Gasteiger partial charge in [0.15, 0.2) is 6.61 Å². The van der Waals surface area contributed by atoms with E-state index in [-0.39, 0.29) is 6.61 Å². The highest BCUT2D eigenvalue weighted by atomic mass is 32.2. The van der Waals surface area contributed by atoms with Crippen molar-refractivity contribution in [3.05, 3.63) is 108 Å². The Balaban J connectivity index is 1.30. The Labute approximate surface area is 196 Å². The van der Waals surface area contributed by atoms with Gasteiger partial charge < -0.3 is 9.15 Å². The zero-order valence-electron chi connectivity index (χ0n) is 18.1. The SMILES string of the molecule is Cc1ccc(OCc2nnc(SCc3cn(-c4ccccc4)nc3-c3ccccc3)o2)cc1. The van der Waals surface area contributed by atoms with E-state index in [9.17, 15) is 0 Å². The van der Waals surface area contributed by atoms with Crippen LogP contribution in [-0.2, 0) is 12.4 Å². The third-order valence-corrected chi connectivity index (χ3v) is 5.91. The molecule has 2 heterocycles. The molecule has 7 heteroatoms. The fourth-order valence-corrected chi connectivity index (χ4v) is 4.09. The van der Waals surface area contributed by atoms with Gasteiger partial charge in [-0.25, -0.2) is 4.68 Å². The second kappa shape index (κ2) is 9.75. The van der Waals surface area contributed by atoms with E-state index in [0.29, 0.717) is 16.9 Å². The molecule has 0 atom stereocenters. The van der Waals surface area contributed by atoms with Gasteiger partial charge in [-0.15, -0.1) is 10.2 Å². The van der Waals surface area contributed by atoms with Crippen LogP contribution in [0.15, 0.2) is 101 Å². The minimum Gasteiger partial charge on any atom is -0.484 e. The van der Waals surface area contributed by atoms with Crippen molar-refractivity contribution in [3.8, 4) is 22.7 Å². The Bertz CT molecular complexity index is 1320. The summed E-state index contributed by atoms with van der Waals surface area (Å²) < 4.78 is 13.4. The number of aromatic nitrogens is 4. The third kappa shape index (κ3) is 5.15. The average Bonchev–Trinajstić information content (AvgIpc) is 3.51. The lowest BCUT2D eigenvalue weighted by Gasteiger charge is -2.03. The molecule has 0 aliphatic carbocycles. The number of hydrogen-bond donors (Lipinski definition) is 0. The highest BCUT2D eigenvalue weighted by molar-refractivity contribution is 7.98. The largest absolute Gasteiger partial charge is 0.484 e. The van der Waals surface area contributed by atoms with E-state index >= 15 is 0 Å². The molecule has 3 aromatic carbocycles. The Morgan fingerprint density at radius 2 is 1.61 bits per heavy atom. The highest BCUT2D eigenvalue weighted by Crippen LogP contribution is 2.29. The molecule has 0 saturated heterocycles. The second-order valence-corrected chi connectivity index (χ2v) is 8.43. The van der Waals surface area contributed by atoms with Gasteiger partial charge in [0.05, 0.1) is 11.4 Å². The van der Waals surface area contributed by atoms with Gasteiger partial charge in [-0.1, -0.05) is 78.0 Å². The van der Waals surface area contributed by atoms with Crippen molar-refractivity contribution in [3.63, 3.8) is 0 Å². The summed E-state index contributed by atoms with van der Waals surface area (Å²) in [6, 6.07) is 28.1. The summed E-state index contributed by atoms with van der Waals surface area (Å²) in [5.41, 5.74) is 5.30. The fraction of sp³-hybridized carbons (Fsp3) is 0.115. The Morgan fingerprint density at radius 3 is 2.36 bits per heavy atom. The molecule has 0 aliphatic heterocycles. The van der Waals surface area contributed by atoms with E-state index in [1.807, 2.05) is 84.4 Å². The first kappa shape index (κ1) is 21.0. The molecular formula is C26H22N4O2S. The molecular weight excluding hydrogens is 432 g/mol. The van der Waals surface area contributed by atoms with Gasteiger partial charge >= 0.3 is 0 Å². The molecule has 5 aromatic rings. The number of nitrogens with zero attached hydrogens (tertiary/aromatic N) is 4. The van der Waals surface area contributed by atoms with Gasteiger partial charge in [0.2, 0.25) is 0 Å². The number of aryl methyl sites for hydroxylation is 1. The topological polar surface area (TPSA) is 66.0 Å². The monoisotopic (exact) mass is 454 g/mol. The van der Waals surface area contributed by atoms with E-state index in [0.717, 1.165) is 28.3 Å². The zero-order valence-corrected chi connectivity index (χ0v) is 18.9. The highest BCUT2D eigenvalue weighted by Gasteiger charge is 2.15. The number of rotatable bonds is 8. The molecule has 6 nitrogen and oxygen atoms in total. The van der Waals surface area contributed by atoms with Crippen molar-refractivity contribution in [1.82, 2.24) is 20.0 Å². The van der Waals surface area contributed by atoms with Crippen LogP contribution in [0.3, 0.4) is 0 Å². The van der Waals surface area contributed by atoms with Crippen LogP contribution in [0.5, 0.6) is 5.75 Å². The minimum atomic E-state index is 0.234. The lowest BCUT2D eigenvalue weighted by atomic mass is 10.1. The summed E-state index contributed by atoms with van der Waals surface area (Å²) in [5.74, 6) is 1.87. The first-order valence-corrected chi connectivity index (χ1v) is 11.6. The lowest BCUT2D eigenvalue weighted by molar-refractivity contribution is 0.252. The molecule has 5 rings (SSSR count). The smallest absolute Gasteiger partial charge is 0.277 e. The number of ether oxygens (including phenoxy) is 1. The van der Waals surface area contributed by atoms with Crippen LogP contribution < -0.4 is 4.74 Å². The molecule has 33 heavy (non-hydrogen) atoms. The van der Waals surface area contributed by atoms with Crippen molar-refractivity contribution in [1.29, 1.82) is 0 Å². The van der Waals surface area contributed by atoms with Gasteiger partial charge in [0, 0.05) is 23.1 Å². The van der Waals surface area contributed by atoms with E-state index < -0.39 is 0 Å². The van der Waals surface area contributed by atoms with Gasteiger partial charge in [-0.2, -0.15) is 5.10 Å². The fourth-order valence-electron chi connectivity index (χ4n) is 3.34. The number of benzene rings is 3. The van der Waals surface area contributed by atoms with Crippen LogP contribution in [0.1, 0.15) is 17.0 Å². The molecule has 0 fully saturated rings.